The molecule has 3 heteroatoms. The maximum atomic E-state index is 13.6. The topological polar surface area (TPSA) is 23.5 Å². The number of aliphatic hydroxyl groups is 1. The minimum absolute atomic E-state index is 0.197. The van der Waals surface area contributed by atoms with Crippen LogP contribution in [0.1, 0.15) is 18.4 Å². The van der Waals surface area contributed by atoms with Gasteiger partial charge in [-0.1, -0.05) is 18.2 Å². The average Bonchev–Trinajstić information content (AvgIpc) is 2.33. The number of benzene rings is 1. The smallest absolute Gasteiger partial charge is 0.126 e. The molecular weight excluding hydrogens is 217 g/mol. The van der Waals surface area contributed by atoms with Crippen LogP contribution >= 0.6 is 0 Å². The van der Waals surface area contributed by atoms with E-state index in [1.807, 2.05) is 6.07 Å². The Morgan fingerprint density at radius 1 is 1.29 bits per heavy atom. The fourth-order valence-corrected chi connectivity index (χ4v) is 3.32. The highest BCUT2D eigenvalue weighted by Crippen LogP contribution is 2.37. The van der Waals surface area contributed by atoms with Crippen molar-refractivity contribution in [3.05, 3.63) is 35.6 Å². The van der Waals surface area contributed by atoms with Crippen LogP contribution in [-0.4, -0.2) is 35.2 Å². The molecule has 0 amide bonds. The molecular formula is C14H18FNO. The molecule has 0 aliphatic carbocycles. The fourth-order valence-electron chi connectivity index (χ4n) is 3.32. The van der Waals surface area contributed by atoms with Crippen molar-refractivity contribution in [1.29, 1.82) is 0 Å². The Kier molecular flexibility index (Phi) is 2.68. The number of hydrogen-bond acceptors (Lipinski definition) is 2. The van der Waals surface area contributed by atoms with Crippen LogP contribution < -0.4 is 0 Å². The van der Waals surface area contributed by atoms with Crippen molar-refractivity contribution in [3.8, 4) is 0 Å². The lowest BCUT2D eigenvalue weighted by atomic mass is 9.72. The Morgan fingerprint density at radius 2 is 2.00 bits per heavy atom. The van der Waals surface area contributed by atoms with Gasteiger partial charge in [0.1, 0.15) is 5.82 Å². The van der Waals surface area contributed by atoms with Crippen molar-refractivity contribution in [3.63, 3.8) is 0 Å². The van der Waals surface area contributed by atoms with E-state index in [0.29, 0.717) is 24.4 Å². The molecule has 3 aliphatic heterocycles. The zero-order valence-corrected chi connectivity index (χ0v) is 9.90. The Bertz CT molecular complexity index is 414. The summed E-state index contributed by atoms with van der Waals surface area (Å²) in [5.74, 6) is 0.143. The molecule has 3 aliphatic rings. The van der Waals surface area contributed by atoms with E-state index in [1.54, 1.807) is 12.1 Å². The van der Waals surface area contributed by atoms with Crippen molar-refractivity contribution in [2.75, 3.05) is 19.6 Å². The van der Waals surface area contributed by atoms with E-state index >= 15 is 0 Å². The van der Waals surface area contributed by atoms with Crippen LogP contribution in [0.15, 0.2) is 24.3 Å². The first-order chi connectivity index (χ1) is 8.17. The SMILES string of the molecule is OC1(Cc2ccccc2F)CN2CCC1CC2. The highest BCUT2D eigenvalue weighted by molar-refractivity contribution is 5.21. The van der Waals surface area contributed by atoms with E-state index in [9.17, 15) is 9.50 Å². The minimum Gasteiger partial charge on any atom is -0.388 e. The summed E-state index contributed by atoms with van der Waals surface area (Å²) in [5, 5.41) is 10.7. The van der Waals surface area contributed by atoms with E-state index in [1.165, 1.54) is 6.07 Å². The van der Waals surface area contributed by atoms with Crippen molar-refractivity contribution in [2.45, 2.75) is 24.9 Å². The highest BCUT2D eigenvalue weighted by Gasteiger charge is 2.45. The van der Waals surface area contributed by atoms with Crippen LogP contribution in [0.3, 0.4) is 0 Å². The normalized spacial score (nSPS) is 36.1. The van der Waals surface area contributed by atoms with E-state index < -0.39 is 5.60 Å². The number of halogens is 1. The fraction of sp³-hybridized carbons (Fsp3) is 0.571. The summed E-state index contributed by atoms with van der Waals surface area (Å²) in [4.78, 5) is 2.29. The minimum atomic E-state index is -0.724. The standard InChI is InChI=1S/C14H18FNO/c15-13-4-2-1-3-11(13)9-14(17)10-16-7-5-12(14)6-8-16/h1-4,12,17H,5-10H2. The van der Waals surface area contributed by atoms with Crippen molar-refractivity contribution < 1.29 is 9.50 Å². The zero-order valence-electron chi connectivity index (χ0n) is 9.90. The van der Waals surface area contributed by atoms with Gasteiger partial charge in [-0.15, -0.1) is 0 Å². The average molecular weight is 235 g/mol. The van der Waals surface area contributed by atoms with Crippen LogP contribution in [0.2, 0.25) is 0 Å². The first-order valence-corrected chi connectivity index (χ1v) is 6.35. The molecule has 2 bridgehead atoms. The molecule has 0 saturated carbocycles. The summed E-state index contributed by atoms with van der Waals surface area (Å²) in [6, 6.07) is 6.79. The van der Waals surface area contributed by atoms with E-state index in [0.717, 1.165) is 25.9 Å². The molecule has 0 spiro atoms. The summed E-state index contributed by atoms with van der Waals surface area (Å²) in [6.07, 6.45) is 2.54. The Hall–Kier alpha value is -0.930. The van der Waals surface area contributed by atoms with Gasteiger partial charge in [-0.05, 0) is 43.5 Å². The number of nitrogens with zero attached hydrogens (tertiary/aromatic N) is 1. The zero-order chi connectivity index (χ0) is 11.9. The number of piperidine rings is 3. The number of fused-ring (bicyclic) bond motifs is 3. The molecule has 1 atom stereocenters. The van der Waals surface area contributed by atoms with E-state index in [-0.39, 0.29) is 5.82 Å². The lowest BCUT2D eigenvalue weighted by molar-refractivity contribution is -0.111. The molecule has 1 unspecified atom stereocenters. The molecule has 2 nitrogen and oxygen atoms in total. The van der Waals surface area contributed by atoms with Gasteiger partial charge in [0.25, 0.3) is 0 Å². The van der Waals surface area contributed by atoms with Gasteiger partial charge in [-0.2, -0.15) is 0 Å². The van der Waals surface area contributed by atoms with Gasteiger partial charge >= 0.3 is 0 Å². The second-order valence-electron chi connectivity index (χ2n) is 5.42. The second kappa shape index (κ2) is 4.07. The van der Waals surface area contributed by atoms with Gasteiger partial charge < -0.3 is 10.0 Å². The molecule has 92 valence electrons. The maximum absolute atomic E-state index is 13.6. The van der Waals surface area contributed by atoms with Crippen molar-refractivity contribution in [1.82, 2.24) is 4.90 Å². The van der Waals surface area contributed by atoms with Gasteiger partial charge in [0.05, 0.1) is 5.60 Å². The number of hydrogen-bond donors (Lipinski definition) is 1. The van der Waals surface area contributed by atoms with Crippen LogP contribution in [0.25, 0.3) is 0 Å². The first kappa shape index (κ1) is 11.2. The summed E-state index contributed by atoms with van der Waals surface area (Å²) in [5.41, 5.74) is -0.0812. The molecule has 1 aromatic rings. The Balaban J connectivity index is 1.83. The van der Waals surface area contributed by atoms with Gasteiger partial charge in [-0.25, -0.2) is 4.39 Å². The van der Waals surface area contributed by atoms with Gasteiger partial charge in [0, 0.05) is 13.0 Å². The molecule has 4 rings (SSSR count). The molecule has 17 heavy (non-hydrogen) atoms. The largest absolute Gasteiger partial charge is 0.388 e. The van der Waals surface area contributed by atoms with Crippen molar-refractivity contribution in [2.24, 2.45) is 5.92 Å². The van der Waals surface area contributed by atoms with Crippen LogP contribution in [-0.2, 0) is 6.42 Å². The van der Waals surface area contributed by atoms with Gasteiger partial charge in [-0.3, -0.25) is 0 Å². The molecule has 0 aromatic heterocycles. The molecule has 1 aromatic carbocycles. The highest BCUT2D eigenvalue weighted by atomic mass is 19.1. The Labute approximate surface area is 101 Å². The Morgan fingerprint density at radius 3 is 2.59 bits per heavy atom. The lowest BCUT2D eigenvalue weighted by Gasteiger charge is -2.50. The third-order valence-corrected chi connectivity index (χ3v) is 4.30. The van der Waals surface area contributed by atoms with Gasteiger partial charge in [0.2, 0.25) is 0 Å². The van der Waals surface area contributed by atoms with E-state index in [4.69, 9.17) is 0 Å². The number of rotatable bonds is 2. The third kappa shape index (κ3) is 1.98. The summed E-state index contributed by atoms with van der Waals surface area (Å²) >= 11 is 0. The lowest BCUT2D eigenvalue weighted by Crippen LogP contribution is -2.60. The maximum Gasteiger partial charge on any atom is 0.126 e. The molecule has 1 N–H and O–H groups in total. The first-order valence-electron chi connectivity index (χ1n) is 6.35. The van der Waals surface area contributed by atoms with Crippen LogP contribution in [0.5, 0.6) is 0 Å². The third-order valence-electron chi connectivity index (χ3n) is 4.30. The molecule has 3 fully saturated rings. The molecule has 3 saturated heterocycles. The molecule has 0 radical (unpaired) electrons. The van der Waals surface area contributed by atoms with Crippen LogP contribution in [0, 0.1) is 11.7 Å². The summed E-state index contributed by atoms with van der Waals surface area (Å²) in [6.45, 7) is 2.88. The molecule has 3 heterocycles. The predicted molar refractivity (Wildman–Crippen MR) is 64.2 cm³/mol. The van der Waals surface area contributed by atoms with E-state index in [2.05, 4.69) is 4.90 Å². The van der Waals surface area contributed by atoms with Crippen molar-refractivity contribution >= 4 is 0 Å². The second-order valence-corrected chi connectivity index (χ2v) is 5.42. The predicted octanol–water partition coefficient (Wildman–Crippen LogP) is 1.82. The summed E-state index contributed by atoms with van der Waals surface area (Å²) in [7, 11) is 0. The van der Waals surface area contributed by atoms with Gasteiger partial charge in [0.15, 0.2) is 0 Å². The monoisotopic (exact) mass is 235 g/mol. The summed E-state index contributed by atoms with van der Waals surface area (Å²) < 4.78 is 13.6. The quantitative estimate of drug-likeness (QED) is 0.845. The van der Waals surface area contributed by atoms with Crippen LogP contribution in [0.4, 0.5) is 4.39 Å².